The van der Waals surface area contributed by atoms with Crippen molar-refractivity contribution >= 4 is 28.6 Å². The average Bonchev–Trinajstić information content (AvgIpc) is 2.66. The molecule has 0 aromatic carbocycles. The zero-order chi connectivity index (χ0) is 22.7. The Labute approximate surface area is 179 Å². The molecule has 0 aliphatic rings. The van der Waals surface area contributed by atoms with Crippen LogP contribution in [0.2, 0.25) is 37.8 Å². The van der Waals surface area contributed by atoms with E-state index in [9.17, 15) is 9.59 Å². The number of rotatable bonds is 14. The minimum atomic E-state index is -2.35. The molecule has 0 amide bonds. The summed E-state index contributed by atoms with van der Waals surface area (Å²) in [7, 11) is -4.28. The molecule has 0 N–H and O–H groups in total. The number of carbonyl (C=O) groups is 2. The molecule has 6 nitrogen and oxygen atoms in total. The minimum Gasteiger partial charge on any atom is -0.463 e. The van der Waals surface area contributed by atoms with Crippen molar-refractivity contribution < 1.29 is 27.9 Å². The first-order chi connectivity index (χ1) is 13.5. The van der Waals surface area contributed by atoms with Crippen LogP contribution in [0.5, 0.6) is 0 Å². The average molecular weight is 447 g/mol. The van der Waals surface area contributed by atoms with Crippen molar-refractivity contribution in [3.05, 3.63) is 12.2 Å². The van der Waals surface area contributed by atoms with E-state index in [1.807, 2.05) is 38.7 Å². The van der Waals surface area contributed by atoms with Gasteiger partial charge in [-0.3, -0.25) is 0 Å². The van der Waals surface area contributed by atoms with E-state index in [2.05, 4.69) is 20.8 Å². The SMILES string of the molecule is C/C=C/C(CO[Si](CC)(CC)CC)C(O[Si](C)(C)C)(C(=O)OCC)C(=O)OCC. The molecule has 1 unspecified atom stereocenters. The van der Waals surface area contributed by atoms with Crippen LogP contribution in [0.15, 0.2) is 12.2 Å². The Morgan fingerprint density at radius 1 is 0.897 bits per heavy atom. The lowest BCUT2D eigenvalue weighted by atomic mass is 9.87. The number of allylic oxidation sites excluding steroid dienone is 1. The molecule has 0 aromatic heterocycles. The summed E-state index contributed by atoms with van der Waals surface area (Å²) in [5, 5.41) is 0. The van der Waals surface area contributed by atoms with Crippen LogP contribution >= 0.6 is 0 Å². The Bertz CT molecular complexity index is 512. The maximum atomic E-state index is 13.2. The summed E-state index contributed by atoms with van der Waals surface area (Å²) in [6, 6.07) is 2.93. The molecular weight excluding hydrogens is 404 g/mol. The molecule has 0 fully saturated rings. The topological polar surface area (TPSA) is 71.1 Å². The van der Waals surface area contributed by atoms with Gasteiger partial charge in [-0.2, -0.15) is 0 Å². The molecule has 0 saturated carbocycles. The van der Waals surface area contributed by atoms with Gasteiger partial charge in [0.1, 0.15) is 0 Å². The van der Waals surface area contributed by atoms with Gasteiger partial charge >= 0.3 is 11.9 Å². The summed E-state index contributed by atoms with van der Waals surface area (Å²) in [4.78, 5) is 26.4. The standard InChI is InChI=1S/C21H42O6Si2/c1-10-16-18(17-26-29(13-4,14-5)15-6)21(19(22)24-11-2,20(23)25-12-3)27-28(7,8)9/h10,16,18H,11-15,17H2,1-9H3/b16-10+. The van der Waals surface area contributed by atoms with Crippen molar-refractivity contribution in [2.75, 3.05) is 19.8 Å². The molecule has 170 valence electrons. The van der Waals surface area contributed by atoms with Crippen molar-refractivity contribution in [2.24, 2.45) is 5.92 Å². The smallest absolute Gasteiger partial charge is 0.349 e. The molecule has 0 spiro atoms. The van der Waals surface area contributed by atoms with E-state index < -0.39 is 40.1 Å². The monoisotopic (exact) mass is 446 g/mol. The highest BCUT2D eigenvalue weighted by atomic mass is 28.4. The summed E-state index contributed by atoms with van der Waals surface area (Å²) < 4.78 is 23.5. The molecule has 0 saturated heterocycles. The van der Waals surface area contributed by atoms with E-state index >= 15 is 0 Å². The fourth-order valence-electron chi connectivity index (χ4n) is 3.37. The Hall–Kier alpha value is -0.966. The molecular formula is C21H42O6Si2. The van der Waals surface area contributed by atoms with Crippen LogP contribution in [0.25, 0.3) is 0 Å². The highest BCUT2D eigenvalue weighted by molar-refractivity contribution is 6.73. The molecule has 1 atom stereocenters. The zero-order valence-corrected chi connectivity index (χ0v) is 21.9. The van der Waals surface area contributed by atoms with E-state index in [0.29, 0.717) is 0 Å². The third-order valence-electron chi connectivity index (χ3n) is 5.07. The second kappa shape index (κ2) is 12.7. The first-order valence-corrected chi connectivity index (χ1v) is 16.8. The van der Waals surface area contributed by atoms with E-state index in [-0.39, 0.29) is 19.8 Å². The van der Waals surface area contributed by atoms with E-state index in [4.69, 9.17) is 18.3 Å². The lowest BCUT2D eigenvalue weighted by Crippen LogP contribution is -2.61. The summed E-state index contributed by atoms with van der Waals surface area (Å²) >= 11 is 0. The third-order valence-corrected chi connectivity index (χ3v) is 10.7. The van der Waals surface area contributed by atoms with Crippen LogP contribution < -0.4 is 0 Å². The van der Waals surface area contributed by atoms with Crippen LogP contribution in [0.1, 0.15) is 41.5 Å². The van der Waals surface area contributed by atoms with Crippen molar-refractivity contribution in [1.82, 2.24) is 0 Å². The maximum Gasteiger partial charge on any atom is 0.349 e. The van der Waals surface area contributed by atoms with Crippen LogP contribution in [0.3, 0.4) is 0 Å². The van der Waals surface area contributed by atoms with Gasteiger partial charge in [0.2, 0.25) is 0 Å². The Kier molecular flexibility index (Phi) is 12.2. The minimum absolute atomic E-state index is 0.149. The molecule has 0 aromatic rings. The van der Waals surface area contributed by atoms with Gasteiger partial charge in [0.15, 0.2) is 16.6 Å². The largest absolute Gasteiger partial charge is 0.463 e. The maximum absolute atomic E-state index is 13.2. The summed E-state index contributed by atoms with van der Waals surface area (Å²) in [6.45, 7) is 18.1. The zero-order valence-electron chi connectivity index (χ0n) is 19.9. The van der Waals surface area contributed by atoms with Gasteiger partial charge in [0, 0.05) is 12.5 Å². The summed E-state index contributed by atoms with van der Waals surface area (Å²) in [5.41, 5.74) is -1.86. The van der Waals surface area contributed by atoms with E-state index in [1.165, 1.54) is 0 Å². The second-order valence-electron chi connectivity index (χ2n) is 8.08. The summed E-state index contributed by atoms with van der Waals surface area (Å²) in [5.74, 6) is -2.04. The van der Waals surface area contributed by atoms with Gasteiger partial charge in [0.05, 0.1) is 13.2 Å². The first kappa shape index (κ1) is 28.0. The Balaban J connectivity index is 6.40. The van der Waals surface area contributed by atoms with E-state index in [1.54, 1.807) is 13.8 Å². The van der Waals surface area contributed by atoms with Crippen molar-refractivity contribution in [3.8, 4) is 0 Å². The van der Waals surface area contributed by atoms with Gasteiger partial charge in [-0.1, -0.05) is 32.9 Å². The predicted octanol–water partition coefficient (Wildman–Crippen LogP) is 4.92. The Morgan fingerprint density at radius 2 is 1.34 bits per heavy atom. The predicted molar refractivity (Wildman–Crippen MR) is 122 cm³/mol. The number of hydrogen-bond donors (Lipinski definition) is 0. The molecule has 0 rings (SSSR count). The van der Waals surface area contributed by atoms with E-state index in [0.717, 1.165) is 18.1 Å². The number of hydrogen-bond acceptors (Lipinski definition) is 6. The highest BCUT2D eigenvalue weighted by Gasteiger charge is 2.58. The fraction of sp³-hybridized carbons (Fsp3) is 0.810. The van der Waals surface area contributed by atoms with Gasteiger partial charge in [-0.05, 0) is 58.5 Å². The second-order valence-corrected chi connectivity index (χ2v) is 17.3. The molecule has 0 aliphatic carbocycles. The van der Waals surface area contributed by atoms with Gasteiger partial charge in [-0.25, -0.2) is 9.59 Å². The quantitative estimate of drug-likeness (QED) is 0.163. The molecule has 8 heteroatoms. The number of ether oxygens (including phenoxy) is 2. The third kappa shape index (κ3) is 7.66. The molecule has 0 aliphatic heterocycles. The van der Waals surface area contributed by atoms with Crippen LogP contribution in [-0.2, 0) is 27.9 Å². The first-order valence-electron chi connectivity index (χ1n) is 10.8. The van der Waals surface area contributed by atoms with Gasteiger partial charge < -0.3 is 18.3 Å². The number of carbonyl (C=O) groups excluding carboxylic acids is 2. The molecule has 0 radical (unpaired) electrons. The lowest BCUT2D eigenvalue weighted by molar-refractivity contribution is -0.186. The lowest BCUT2D eigenvalue weighted by Gasteiger charge is -2.40. The van der Waals surface area contributed by atoms with Crippen LogP contribution in [-0.4, -0.2) is 54.0 Å². The molecule has 0 heterocycles. The van der Waals surface area contributed by atoms with Crippen LogP contribution in [0, 0.1) is 5.92 Å². The van der Waals surface area contributed by atoms with Gasteiger partial charge in [0.25, 0.3) is 5.60 Å². The van der Waals surface area contributed by atoms with Crippen LogP contribution in [0.4, 0.5) is 0 Å². The molecule has 29 heavy (non-hydrogen) atoms. The normalized spacial score (nSPS) is 14.1. The fourth-order valence-corrected chi connectivity index (χ4v) is 7.30. The summed E-state index contributed by atoms with van der Waals surface area (Å²) in [6.07, 6.45) is 3.63. The van der Waals surface area contributed by atoms with Gasteiger partial charge in [-0.15, -0.1) is 0 Å². The van der Waals surface area contributed by atoms with Crippen molar-refractivity contribution in [3.63, 3.8) is 0 Å². The highest BCUT2D eigenvalue weighted by Crippen LogP contribution is 2.34. The molecule has 0 bridgehead atoms. The Morgan fingerprint density at radius 3 is 1.66 bits per heavy atom. The van der Waals surface area contributed by atoms with Crippen molar-refractivity contribution in [2.45, 2.75) is 84.9 Å². The number of esters is 2. The van der Waals surface area contributed by atoms with Crippen molar-refractivity contribution in [1.29, 1.82) is 0 Å².